The minimum Gasteiger partial charge on any atom is -0.481 e. The minimum absolute atomic E-state index is 0.370. The van der Waals surface area contributed by atoms with Gasteiger partial charge in [-0.05, 0) is 12.8 Å². The Morgan fingerprint density at radius 3 is 2.39 bits per heavy atom. The number of urea groups is 1. The van der Waals surface area contributed by atoms with E-state index in [0.717, 1.165) is 6.42 Å². The first kappa shape index (κ1) is 16.2. The van der Waals surface area contributed by atoms with Gasteiger partial charge < -0.3 is 25.6 Å². The van der Waals surface area contributed by atoms with Crippen LogP contribution in [0.15, 0.2) is 0 Å². The Labute approximate surface area is 104 Å². The van der Waals surface area contributed by atoms with Crippen LogP contribution in [0.25, 0.3) is 0 Å². The lowest BCUT2D eigenvalue weighted by atomic mass is 10.2. The number of carboxylic acid groups (broad SMARTS) is 2. The van der Waals surface area contributed by atoms with Crippen LogP contribution in [0, 0.1) is 0 Å². The zero-order valence-electron chi connectivity index (χ0n) is 10.1. The average molecular weight is 262 g/mol. The fourth-order valence-corrected chi connectivity index (χ4v) is 1.16. The summed E-state index contributed by atoms with van der Waals surface area (Å²) in [4.78, 5) is 32.3. The third-order valence-corrected chi connectivity index (χ3v) is 2.04. The average Bonchev–Trinajstić information content (AvgIpc) is 2.27. The summed E-state index contributed by atoms with van der Waals surface area (Å²) in [6.45, 7) is 0.953. The van der Waals surface area contributed by atoms with E-state index in [1.54, 1.807) is 7.11 Å². The van der Waals surface area contributed by atoms with Gasteiger partial charge in [-0.2, -0.15) is 0 Å². The zero-order chi connectivity index (χ0) is 14.0. The summed E-state index contributed by atoms with van der Waals surface area (Å²) in [6, 6.07) is -2.12. The van der Waals surface area contributed by atoms with E-state index in [4.69, 9.17) is 14.9 Å². The van der Waals surface area contributed by atoms with Crippen LogP contribution in [0.4, 0.5) is 4.79 Å². The highest BCUT2D eigenvalue weighted by Gasteiger charge is 2.22. The van der Waals surface area contributed by atoms with Crippen molar-refractivity contribution in [3.8, 4) is 0 Å². The van der Waals surface area contributed by atoms with Crippen molar-refractivity contribution in [3.63, 3.8) is 0 Å². The van der Waals surface area contributed by atoms with Crippen molar-refractivity contribution >= 4 is 18.0 Å². The van der Waals surface area contributed by atoms with Crippen molar-refractivity contribution in [1.82, 2.24) is 10.6 Å². The van der Waals surface area contributed by atoms with Gasteiger partial charge in [-0.15, -0.1) is 0 Å². The number of carbonyl (C=O) groups is 3. The fourth-order valence-electron chi connectivity index (χ4n) is 1.16. The molecule has 0 saturated carbocycles. The van der Waals surface area contributed by atoms with E-state index in [1.165, 1.54) is 0 Å². The van der Waals surface area contributed by atoms with Crippen LogP contribution >= 0.6 is 0 Å². The first-order valence-electron chi connectivity index (χ1n) is 5.45. The lowest BCUT2D eigenvalue weighted by Gasteiger charge is -2.13. The van der Waals surface area contributed by atoms with E-state index in [9.17, 15) is 14.4 Å². The summed E-state index contributed by atoms with van der Waals surface area (Å²) >= 11 is 0. The van der Waals surface area contributed by atoms with Crippen LogP contribution in [-0.4, -0.2) is 54.5 Å². The Balaban J connectivity index is 3.88. The van der Waals surface area contributed by atoms with Gasteiger partial charge in [-0.3, -0.25) is 4.79 Å². The summed E-state index contributed by atoms with van der Waals surface area (Å²) in [6.07, 6.45) is 0.804. The Morgan fingerprint density at radius 2 is 1.89 bits per heavy atom. The van der Waals surface area contributed by atoms with Crippen molar-refractivity contribution in [1.29, 1.82) is 0 Å². The number of ether oxygens (including phenoxy) is 1. The monoisotopic (exact) mass is 262 g/mol. The molecule has 1 atom stereocenters. The third kappa shape index (κ3) is 8.34. The standard InChI is InChI=1S/C10H18N2O6/c1-18-5-3-2-4-11-10(17)12-7(9(15)16)6-8(13)14/h7H,2-6H2,1H3,(H,13,14)(H,15,16)(H2,11,12,17)/t7-/m1/s1. The molecule has 8 heteroatoms. The second kappa shape index (κ2) is 9.23. The van der Waals surface area contributed by atoms with E-state index in [-0.39, 0.29) is 0 Å². The van der Waals surface area contributed by atoms with Crippen LogP contribution in [0.5, 0.6) is 0 Å². The highest BCUT2D eigenvalue weighted by molar-refractivity contribution is 5.86. The second-order valence-corrected chi connectivity index (χ2v) is 3.59. The number of hydrogen-bond acceptors (Lipinski definition) is 4. The second-order valence-electron chi connectivity index (χ2n) is 3.59. The molecule has 0 saturated heterocycles. The fraction of sp³-hybridized carbons (Fsp3) is 0.700. The summed E-state index contributed by atoms with van der Waals surface area (Å²) in [5, 5.41) is 21.7. The molecule has 0 heterocycles. The maximum Gasteiger partial charge on any atom is 0.326 e. The molecule has 18 heavy (non-hydrogen) atoms. The number of amides is 2. The van der Waals surface area contributed by atoms with Crippen molar-refractivity contribution < 1.29 is 29.3 Å². The van der Waals surface area contributed by atoms with Crippen LogP contribution < -0.4 is 10.6 Å². The number of carbonyl (C=O) groups excluding carboxylic acids is 1. The Morgan fingerprint density at radius 1 is 1.22 bits per heavy atom. The molecular weight excluding hydrogens is 244 g/mol. The Bertz CT molecular complexity index is 294. The number of aliphatic carboxylic acids is 2. The molecular formula is C10H18N2O6. The van der Waals surface area contributed by atoms with E-state index in [1.807, 2.05) is 0 Å². The minimum atomic E-state index is -1.43. The van der Waals surface area contributed by atoms with E-state index in [2.05, 4.69) is 10.6 Å². The van der Waals surface area contributed by atoms with Crippen molar-refractivity contribution in [2.24, 2.45) is 0 Å². The van der Waals surface area contributed by atoms with Gasteiger partial charge in [0, 0.05) is 20.3 Å². The van der Waals surface area contributed by atoms with Gasteiger partial charge in [-0.1, -0.05) is 0 Å². The van der Waals surface area contributed by atoms with Gasteiger partial charge in [0.25, 0.3) is 0 Å². The molecule has 2 amide bonds. The number of nitrogens with one attached hydrogen (secondary N) is 2. The van der Waals surface area contributed by atoms with Crippen molar-refractivity contribution in [2.45, 2.75) is 25.3 Å². The molecule has 8 nitrogen and oxygen atoms in total. The number of carboxylic acids is 2. The SMILES string of the molecule is COCCCCNC(=O)N[C@H](CC(=O)O)C(=O)O. The van der Waals surface area contributed by atoms with Crippen LogP contribution in [0.1, 0.15) is 19.3 Å². The lowest BCUT2D eigenvalue weighted by Crippen LogP contribution is -2.47. The van der Waals surface area contributed by atoms with Gasteiger partial charge in [-0.25, -0.2) is 9.59 Å². The van der Waals surface area contributed by atoms with Crippen LogP contribution in [0.3, 0.4) is 0 Å². The van der Waals surface area contributed by atoms with Gasteiger partial charge in [0.15, 0.2) is 0 Å². The van der Waals surface area contributed by atoms with E-state index >= 15 is 0 Å². The molecule has 0 bridgehead atoms. The quantitative estimate of drug-likeness (QED) is 0.420. The topological polar surface area (TPSA) is 125 Å². The Kier molecular flexibility index (Phi) is 8.29. The molecule has 0 fully saturated rings. The number of unbranched alkanes of at least 4 members (excludes halogenated alkanes) is 1. The van der Waals surface area contributed by atoms with Gasteiger partial charge in [0.1, 0.15) is 6.04 Å². The molecule has 4 N–H and O–H groups in total. The highest BCUT2D eigenvalue weighted by Crippen LogP contribution is 1.93. The molecule has 0 aliphatic carbocycles. The molecule has 0 aromatic heterocycles. The lowest BCUT2D eigenvalue weighted by molar-refractivity contribution is -0.145. The summed E-state index contributed by atoms with van der Waals surface area (Å²) in [5.74, 6) is -2.67. The maximum atomic E-state index is 11.3. The first-order chi connectivity index (χ1) is 8.47. The van der Waals surface area contributed by atoms with Crippen molar-refractivity contribution in [2.75, 3.05) is 20.3 Å². The predicted molar refractivity (Wildman–Crippen MR) is 61.3 cm³/mol. The highest BCUT2D eigenvalue weighted by atomic mass is 16.5. The van der Waals surface area contributed by atoms with Crippen molar-refractivity contribution in [3.05, 3.63) is 0 Å². The largest absolute Gasteiger partial charge is 0.481 e. The molecule has 0 aromatic rings. The first-order valence-corrected chi connectivity index (χ1v) is 5.45. The molecule has 0 aliphatic rings. The molecule has 0 spiro atoms. The normalized spacial score (nSPS) is 11.6. The summed E-state index contributed by atoms with van der Waals surface area (Å²) in [7, 11) is 1.57. The van der Waals surface area contributed by atoms with Crippen LogP contribution in [-0.2, 0) is 14.3 Å². The molecule has 0 rings (SSSR count). The molecule has 0 aliphatic heterocycles. The summed E-state index contributed by atoms with van der Waals surface area (Å²) in [5.41, 5.74) is 0. The number of rotatable bonds is 9. The Hall–Kier alpha value is -1.83. The number of hydrogen-bond donors (Lipinski definition) is 4. The third-order valence-electron chi connectivity index (χ3n) is 2.04. The molecule has 104 valence electrons. The maximum absolute atomic E-state index is 11.3. The van der Waals surface area contributed by atoms with Crippen LogP contribution in [0.2, 0.25) is 0 Å². The van der Waals surface area contributed by atoms with E-state index in [0.29, 0.717) is 19.6 Å². The van der Waals surface area contributed by atoms with Gasteiger partial charge >= 0.3 is 18.0 Å². The van der Waals surface area contributed by atoms with E-state index < -0.39 is 30.4 Å². The summed E-state index contributed by atoms with van der Waals surface area (Å²) < 4.78 is 4.82. The van der Waals surface area contributed by atoms with Gasteiger partial charge in [0.2, 0.25) is 0 Å². The zero-order valence-corrected chi connectivity index (χ0v) is 10.1. The molecule has 0 aromatic carbocycles. The molecule has 0 radical (unpaired) electrons. The molecule has 0 unspecified atom stereocenters. The smallest absolute Gasteiger partial charge is 0.326 e. The van der Waals surface area contributed by atoms with Gasteiger partial charge in [0.05, 0.1) is 6.42 Å². The predicted octanol–water partition coefficient (Wildman–Crippen LogP) is -0.360. The number of methoxy groups -OCH3 is 1.